The number of carbonyl (C=O) groups is 1. The summed E-state index contributed by atoms with van der Waals surface area (Å²) in [5, 5.41) is 3.00. The molecule has 2 aliphatic rings. The molecule has 22 heavy (non-hydrogen) atoms. The van der Waals surface area contributed by atoms with E-state index >= 15 is 0 Å². The molecular formula is C14H21N3O3S2. The summed E-state index contributed by atoms with van der Waals surface area (Å²) in [6, 6.07) is 0. The van der Waals surface area contributed by atoms with Gasteiger partial charge in [-0.25, -0.2) is 17.7 Å². The molecule has 0 radical (unpaired) electrons. The topological polar surface area (TPSA) is 70.6 Å². The van der Waals surface area contributed by atoms with Crippen LogP contribution in [0.4, 0.5) is 0 Å². The molecule has 3 rings (SSSR count). The van der Waals surface area contributed by atoms with Crippen molar-refractivity contribution in [3.05, 3.63) is 16.1 Å². The molecule has 0 aliphatic carbocycles. The van der Waals surface area contributed by atoms with Gasteiger partial charge in [0.25, 0.3) is 0 Å². The van der Waals surface area contributed by atoms with Crippen molar-refractivity contribution in [1.82, 2.24) is 14.2 Å². The first-order valence-electron chi connectivity index (χ1n) is 7.47. The number of amides is 1. The summed E-state index contributed by atoms with van der Waals surface area (Å²) in [7, 11) is -3.14. The lowest BCUT2D eigenvalue weighted by molar-refractivity contribution is -0.133. The maximum absolute atomic E-state index is 12.3. The number of thiazole rings is 1. The minimum Gasteiger partial charge on any atom is -0.331 e. The molecule has 0 bridgehead atoms. The zero-order valence-electron chi connectivity index (χ0n) is 12.9. The number of carbonyl (C=O) groups excluding carboxylic acids is 1. The van der Waals surface area contributed by atoms with Gasteiger partial charge in [0, 0.05) is 30.4 Å². The Hall–Kier alpha value is -0.990. The second kappa shape index (κ2) is 5.58. The Morgan fingerprint density at radius 2 is 2.00 bits per heavy atom. The molecule has 2 aliphatic heterocycles. The third-order valence-electron chi connectivity index (χ3n) is 4.79. The number of piperidine rings is 1. The van der Waals surface area contributed by atoms with E-state index in [0.29, 0.717) is 26.1 Å². The van der Waals surface area contributed by atoms with Crippen LogP contribution >= 0.6 is 11.3 Å². The van der Waals surface area contributed by atoms with E-state index in [2.05, 4.69) is 4.98 Å². The molecule has 1 aromatic heterocycles. The van der Waals surface area contributed by atoms with Gasteiger partial charge in [-0.1, -0.05) is 0 Å². The highest BCUT2D eigenvalue weighted by atomic mass is 32.2. The van der Waals surface area contributed by atoms with E-state index in [0.717, 1.165) is 30.0 Å². The monoisotopic (exact) mass is 343 g/mol. The van der Waals surface area contributed by atoms with Gasteiger partial charge in [-0.2, -0.15) is 0 Å². The predicted octanol–water partition coefficient (Wildman–Crippen LogP) is 1.37. The lowest BCUT2D eigenvalue weighted by atomic mass is 9.85. The quantitative estimate of drug-likeness (QED) is 0.831. The minimum atomic E-state index is -3.14. The summed E-state index contributed by atoms with van der Waals surface area (Å²) in [6.07, 6.45) is 4.07. The second-order valence-corrected chi connectivity index (χ2v) is 9.27. The maximum atomic E-state index is 12.3. The van der Waals surface area contributed by atoms with Crippen molar-refractivity contribution in [2.24, 2.45) is 0 Å². The number of aromatic nitrogens is 1. The Balaban J connectivity index is 1.76. The first-order chi connectivity index (χ1) is 10.3. The SMILES string of the molecule is Cc1nc(CN2C(=O)CCC23CCN(S(C)(=O)=O)CC3)cs1. The van der Waals surface area contributed by atoms with Crippen LogP contribution in [-0.4, -0.2) is 53.4 Å². The summed E-state index contributed by atoms with van der Waals surface area (Å²) in [4.78, 5) is 18.7. The number of nitrogens with zero attached hydrogens (tertiary/aromatic N) is 3. The molecule has 0 N–H and O–H groups in total. The van der Waals surface area contributed by atoms with Crippen LogP contribution < -0.4 is 0 Å². The maximum Gasteiger partial charge on any atom is 0.223 e. The lowest BCUT2D eigenvalue weighted by Gasteiger charge is -2.44. The van der Waals surface area contributed by atoms with Gasteiger partial charge in [0.1, 0.15) is 0 Å². The molecular weight excluding hydrogens is 322 g/mol. The molecule has 122 valence electrons. The van der Waals surface area contributed by atoms with Crippen LogP contribution in [0, 0.1) is 6.92 Å². The van der Waals surface area contributed by atoms with E-state index in [1.165, 1.54) is 10.6 Å². The molecule has 1 amide bonds. The van der Waals surface area contributed by atoms with Gasteiger partial charge in [-0.05, 0) is 26.2 Å². The molecule has 6 nitrogen and oxygen atoms in total. The molecule has 0 unspecified atom stereocenters. The number of sulfonamides is 1. The van der Waals surface area contributed by atoms with Crippen LogP contribution in [0.3, 0.4) is 0 Å². The average molecular weight is 343 g/mol. The van der Waals surface area contributed by atoms with Crippen LogP contribution in [0.25, 0.3) is 0 Å². The van der Waals surface area contributed by atoms with E-state index in [1.807, 2.05) is 17.2 Å². The molecule has 0 aromatic carbocycles. The fraction of sp³-hybridized carbons (Fsp3) is 0.714. The fourth-order valence-electron chi connectivity index (χ4n) is 3.53. The molecule has 1 aromatic rings. The van der Waals surface area contributed by atoms with E-state index in [4.69, 9.17) is 0 Å². The Kier molecular flexibility index (Phi) is 4.03. The Bertz CT molecular complexity index is 675. The van der Waals surface area contributed by atoms with E-state index in [9.17, 15) is 13.2 Å². The van der Waals surface area contributed by atoms with Gasteiger partial charge >= 0.3 is 0 Å². The van der Waals surface area contributed by atoms with Gasteiger partial charge in [0.15, 0.2) is 0 Å². The molecule has 0 atom stereocenters. The van der Waals surface area contributed by atoms with E-state index in [-0.39, 0.29) is 11.4 Å². The second-order valence-electron chi connectivity index (χ2n) is 6.22. The van der Waals surface area contributed by atoms with Crippen LogP contribution in [0.1, 0.15) is 36.4 Å². The highest BCUT2D eigenvalue weighted by Gasteiger charge is 2.47. The number of likely N-dealkylation sites (tertiary alicyclic amines) is 1. The van der Waals surface area contributed by atoms with Gasteiger partial charge in [-0.15, -0.1) is 11.3 Å². The Morgan fingerprint density at radius 3 is 2.55 bits per heavy atom. The minimum absolute atomic E-state index is 0.165. The summed E-state index contributed by atoms with van der Waals surface area (Å²) in [6.45, 7) is 3.50. The van der Waals surface area contributed by atoms with Gasteiger partial charge in [0.05, 0.1) is 23.5 Å². The number of hydrogen-bond acceptors (Lipinski definition) is 5. The highest BCUT2D eigenvalue weighted by molar-refractivity contribution is 7.88. The summed E-state index contributed by atoms with van der Waals surface area (Å²) in [5.74, 6) is 0.165. The van der Waals surface area contributed by atoms with Gasteiger partial charge in [-0.3, -0.25) is 4.79 Å². The number of rotatable bonds is 3. The largest absolute Gasteiger partial charge is 0.331 e. The smallest absolute Gasteiger partial charge is 0.223 e. The van der Waals surface area contributed by atoms with Crippen LogP contribution in [0.15, 0.2) is 5.38 Å². The third-order valence-corrected chi connectivity index (χ3v) is 6.91. The van der Waals surface area contributed by atoms with Crippen molar-refractivity contribution < 1.29 is 13.2 Å². The van der Waals surface area contributed by atoms with Gasteiger partial charge in [0.2, 0.25) is 15.9 Å². The van der Waals surface area contributed by atoms with Crippen molar-refractivity contribution >= 4 is 27.3 Å². The zero-order chi connectivity index (χ0) is 16.0. The summed E-state index contributed by atoms with van der Waals surface area (Å²) < 4.78 is 24.9. The van der Waals surface area contributed by atoms with Crippen LogP contribution in [0.2, 0.25) is 0 Å². The van der Waals surface area contributed by atoms with E-state index < -0.39 is 10.0 Å². The zero-order valence-corrected chi connectivity index (χ0v) is 14.5. The molecule has 1 spiro atoms. The first kappa shape index (κ1) is 15.9. The third kappa shape index (κ3) is 2.91. The fourth-order valence-corrected chi connectivity index (χ4v) is 4.98. The lowest BCUT2D eigenvalue weighted by Crippen LogP contribution is -2.53. The molecule has 0 saturated carbocycles. The number of aryl methyl sites for hydroxylation is 1. The summed E-state index contributed by atoms with van der Waals surface area (Å²) in [5.41, 5.74) is 0.748. The van der Waals surface area contributed by atoms with Gasteiger partial charge < -0.3 is 4.90 Å². The molecule has 2 saturated heterocycles. The van der Waals surface area contributed by atoms with E-state index in [1.54, 1.807) is 11.3 Å². The van der Waals surface area contributed by atoms with Crippen molar-refractivity contribution in [3.63, 3.8) is 0 Å². The van der Waals surface area contributed by atoms with Crippen LogP contribution in [-0.2, 0) is 21.4 Å². The van der Waals surface area contributed by atoms with Crippen molar-refractivity contribution in [1.29, 1.82) is 0 Å². The average Bonchev–Trinajstić information content (AvgIpc) is 2.98. The predicted molar refractivity (Wildman–Crippen MR) is 85.0 cm³/mol. The van der Waals surface area contributed by atoms with Crippen molar-refractivity contribution in [2.45, 2.75) is 44.7 Å². The molecule has 2 fully saturated rings. The number of hydrogen-bond donors (Lipinski definition) is 0. The van der Waals surface area contributed by atoms with Crippen molar-refractivity contribution in [3.8, 4) is 0 Å². The normalized spacial score (nSPS) is 22.6. The highest BCUT2D eigenvalue weighted by Crippen LogP contribution is 2.40. The first-order valence-corrected chi connectivity index (χ1v) is 10.2. The molecule has 8 heteroatoms. The molecule has 3 heterocycles. The Labute approximate surface area is 135 Å². The summed E-state index contributed by atoms with van der Waals surface area (Å²) >= 11 is 1.59. The standard InChI is InChI=1S/C14H21N3O3S2/c1-11-15-12(10-21-11)9-17-13(18)3-4-14(17)5-7-16(8-6-14)22(2,19)20/h10H,3-9H2,1-2H3. The van der Waals surface area contributed by atoms with Crippen LogP contribution in [0.5, 0.6) is 0 Å². The Morgan fingerprint density at radius 1 is 1.32 bits per heavy atom. The van der Waals surface area contributed by atoms with Crippen molar-refractivity contribution in [2.75, 3.05) is 19.3 Å².